The van der Waals surface area contributed by atoms with Crippen molar-refractivity contribution in [1.82, 2.24) is 4.57 Å². The van der Waals surface area contributed by atoms with E-state index in [1.807, 2.05) is 36.4 Å². The summed E-state index contributed by atoms with van der Waals surface area (Å²) in [5, 5.41) is 21.5. The van der Waals surface area contributed by atoms with Gasteiger partial charge in [0.05, 0.1) is 38.3 Å². The highest BCUT2D eigenvalue weighted by atomic mass is 32.1. The van der Waals surface area contributed by atoms with Crippen LogP contribution in [0.2, 0.25) is 0 Å². The standard InChI is InChI=1S/C56H29N3S3/c1-58-51-49(32-14-4-2-5-15-32)48(34-24-25-38-35-18-8-11-21-44(35)60-47(38)30-34)43(31-57)52(50(51)33-16-6-3-7-17-33)59-53-39(26-28-41-36-19-9-12-22-45(36)61-55(41)53)40-27-29-42-37-20-10-13-23-46(37)62-56(42)54(40)59/h2-30H. The lowest BCUT2D eigenvalue weighted by Gasteiger charge is -2.24. The van der Waals surface area contributed by atoms with Crippen molar-refractivity contribution < 1.29 is 0 Å². The Morgan fingerprint density at radius 2 is 0.871 bits per heavy atom. The van der Waals surface area contributed by atoms with Crippen molar-refractivity contribution in [1.29, 1.82) is 5.26 Å². The van der Waals surface area contributed by atoms with Crippen LogP contribution in [0.25, 0.3) is 126 Å². The average molecular weight is 840 g/mol. The van der Waals surface area contributed by atoms with Crippen LogP contribution >= 0.6 is 34.0 Å². The predicted octanol–water partition coefficient (Wildman–Crippen LogP) is 17.3. The lowest BCUT2D eigenvalue weighted by Crippen LogP contribution is -2.05. The molecular weight excluding hydrogens is 811 g/mol. The molecule has 62 heavy (non-hydrogen) atoms. The Labute approximate surface area is 367 Å². The summed E-state index contributed by atoms with van der Waals surface area (Å²) in [4.78, 5) is 4.54. The first-order chi connectivity index (χ1) is 30.7. The van der Waals surface area contributed by atoms with Gasteiger partial charge in [-0.2, -0.15) is 5.26 Å². The Morgan fingerprint density at radius 1 is 0.419 bits per heavy atom. The van der Waals surface area contributed by atoms with E-state index in [9.17, 15) is 11.8 Å². The maximum absolute atomic E-state index is 12.1. The van der Waals surface area contributed by atoms with E-state index < -0.39 is 0 Å². The number of rotatable bonds is 4. The van der Waals surface area contributed by atoms with Crippen molar-refractivity contribution in [3.05, 3.63) is 193 Å². The molecule has 4 heterocycles. The van der Waals surface area contributed by atoms with Gasteiger partial charge >= 0.3 is 0 Å². The smallest absolute Gasteiger partial charge is 0.205 e. The number of hydrogen-bond donors (Lipinski definition) is 0. The number of aromatic nitrogens is 1. The number of nitrogens with zero attached hydrogens (tertiary/aromatic N) is 3. The Balaban J connectivity index is 1.31. The van der Waals surface area contributed by atoms with Crippen molar-refractivity contribution in [2.75, 3.05) is 0 Å². The van der Waals surface area contributed by atoms with Crippen molar-refractivity contribution in [3.8, 4) is 45.1 Å². The van der Waals surface area contributed by atoms with Crippen LogP contribution in [0.4, 0.5) is 5.69 Å². The van der Waals surface area contributed by atoms with E-state index >= 15 is 0 Å². The molecule has 0 aliphatic carbocycles. The fraction of sp³-hybridized carbons (Fsp3) is 0. The quantitative estimate of drug-likeness (QED) is 0.163. The van der Waals surface area contributed by atoms with Gasteiger partial charge in [0, 0.05) is 67.5 Å². The summed E-state index contributed by atoms with van der Waals surface area (Å²) in [6.45, 7) is 9.21. The first-order valence-electron chi connectivity index (χ1n) is 20.4. The molecule has 6 heteroatoms. The van der Waals surface area contributed by atoms with Crippen LogP contribution < -0.4 is 0 Å². The Bertz CT molecular complexity index is 3990. The van der Waals surface area contributed by atoms with Crippen molar-refractivity contribution in [2.24, 2.45) is 0 Å². The van der Waals surface area contributed by atoms with Gasteiger partial charge in [-0.15, -0.1) is 34.0 Å². The molecule has 0 fully saturated rings. The van der Waals surface area contributed by atoms with Crippen LogP contribution in [0, 0.1) is 17.9 Å². The molecule has 0 N–H and O–H groups in total. The number of fused-ring (bicyclic) bond motifs is 14. The lowest BCUT2D eigenvalue weighted by atomic mass is 9.83. The Morgan fingerprint density at radius 3 is 1.42 bits per heavy atom. The molecule has 0 radical (unpaired) electrons. The highest BCUT2D eigenvalue weighted by molar-refractivity contribution is 7.27. The molecule has 0 bridgehead atoms. The first kappa shape index (κ1) is 35.2. The molecule has 0 saturated heterocycles. The van der Waals surface area contributed by atoms with E-state index in [4.69, 9.17) is 0 Å². The van der Waals surface area contributed by atoms with Crippen molar-refractivity contribution in [3.63, 3.8) is 0 Å². The molecule has 0 amide bonds. The largest absolute Gasteiger partial charge is 0.306 e. The summed E-state index contributed by atoms with van der Waals surface area (Å²) in [7, 11) is 0. The van der Waals surface area contributed by atoms with Crippen LogP contribution in [0.1, 0.15) is 5.56 Å². The van der Waals surface area contributed by atoms with Crippen LogP contribution in [-0.2, 0) is 0 Å². The highest BCUT2D eigenvalue weighted by Gasteiger charge is 2.31. The van der Waals surface area contributed by atoms with Gasteiger partial charge in [-0.3, -0.25) is 0 Å². The van der Waals surface area contributed by atoms with Crippen molar-refractivity contribution in [2.45, 2.75) is 0 Å². The fourth-order valence-electron chi connectivity index (χ4n) is 9.87. The summed E-state index contributed by atoms with van der Waals surface area (Å²) >= 11 is 5.35. The summed E-state index contributed by atoms with van der Waals surface area (Å²) < 4.78 is 9.48. The average Bonchev–Trinajstić information content (AvgIpc) is 4.09. The normalized spacial score (nSPS) is 11.8. The molecule has 0 spiro atoms. The number of nitriles is 1. The second kappa shape index (κ2) is 13.5. The van der Waals surface area contributed by atoms with Gasteiger partial charge in [-0.05, 0) is 52.1 Å². The zero-order chi connectivity index (χ0) is 41.1. The lowest BCUT2D eigenvalue weighted by molar-refractivity contribution is 1.19. The minimum Gasteiger partial charge on any atom is -0.306 e. The highest BCUT2D eigenvalue weighted by Crippen LogP contribution is 2.55. The first-order valence-corrected chi connectivity index (χ1v) is 22.9. The Kier molecular flexibility index (Phi) is 7.64. The third-order valence-corrected chi connectivity index (χ3v) is 16.0. The summed E-state index contributed by atoms with van der Waals surface area (Å²) in [6, 6.07) is 64.8. The molecule has 3 nitrogen and oxygen atoms in total. The Hall–Kier alpha value is -7.58. The van der Waals surface area contributed by atoms with Gasteiger partial charge in [0.1, 0.15) is 6.07 Å². The molecule has 286 valence electrons. The second-order valence-corrected chi connectivity index (χ2v) is 18.9. The minimum atomic E-state index is 0.518. The monoisotopic (exact) mass is 839 g/mol. The second-order valence-electron chi connectivity index (χ2n) is 15.7. The minimum absolute atomic E-state index is 0.518. The maximum Gasteiger partial charge on any atom is 0.205 e. The number of benzene rings is 9. The molecule has 0 atom stereocenters. The molecule has 4 aromatic heterocycles. The molecule has 13 aromatic rings. The molecule has 9 aromatic carbocycles. The van der Waals surface area contributed by atoms with Crippen LogP contribution in [-0.4, -0.2) is 4.57 Å². The third kappa shape index (κ3) is 4.89. The molecule has 0 aliphatic heterocycles. The molecule has 0 aliphatic rings. The van der Waals surface area contributed by atoms with E-state index in [0.29, 0.717) is 11.3 Å². The number of hydrogen-bond acceptors (Lipinski definition) is 4. The van der Waals surface area contributed by atoms with Gasteiger partial charge in [0.2, 0.25) is 5.69 Å². The zero-order valence-corrected chi connectivity index (χ0v) is 35.3. The summed E-state index contributed by atoms with van der Waals surface area (Å²) in [6.07, 6.45) is 0. The van der Waals surface area contributed by atoms with Crippen LogP contribution in [0.3, 0.4) is 0 Å². The van der Waals surface area contributed by atoms with E-state index in [-0.39, 0.29) is 0 Å². The van der Waals surface area contributed by atoms with Crippen LogP contribution in [0.5, 0.6) is 0 Å². The summed E-state index contributed by atoms with van der Waals surface area (Å²) in [5.41, 5.74) is 8.84. The molecule has 0 saturated carbocycles. The van der Waals surface area contributed by atoms with E-state index in [1.54, 1.807) is 34.0 Å². The SMILES string of the molecule is [C-]#[N+]c1c(-c2ccccc2)c(-c2ccc3c(c2)sc2ccccc23)c(C#N)c(-n2c3c(ccc4c5ccccc5sc43)c3ccc4c5ccccc5sc4c32)c1-c1ccccc1. The van der Waals surface area contributed by atoms with E-state index in [2.05, 4.69) is 155 Å². The number of thiophene rings is 3. The fourth-order valence-corrected chi connectivity index (χ4v) is 13.5. The van der Waals surface area contributed by atoms with Gasteiger partial charge in [-0.25, -0.2) is 4.85 Å². The predicted molar refractivity (Wildman–Crippen MR) is 267 cm³/mol. The van der Waals surface area contributed by atoms with Gasteiger partial charge in [0.25, 0.3) is 0 Å². The van der Waals surface area contributed by atoms with E-state index in [0.717, 1.165) is 75.0 Å². The molecular formula is C56H29N3S3. The van der Waals surface area contributed by atoms with Gasteiger partial charge in [0.15, 0.2) is 0 Å². The molecule has 13 rings (SSSR count). The third-order valence-electron chi connectivity index (χ3n) is 12.5. The maximum atomic E-state index is 12.1. The molecule has 0 unspecified atom stereocenters. The van der Waals surface area contributed by atoms with Gasteiger partial charge < -0.3 is 4.57 Å². The van der Waals surface area contributed by atoms with Crippen molar-refractivity contribution >= 4 is 122 Å². The zero-order valence-electron chi connectivity index (χ0n) is 32.8. The van der Waals surface area contributed by atoms with Gasteiger partial charge in [-0.1, -0.05) is 152 Å². The topological polar surface area (TPSA) is 33.1 Å². The van der Waals surface area contributed by atoms with Crippen LogP contribution in [0.15, 0.2) is 176 Å². The summed E-state index contributed by atoms with van der Waals surface area (Å²) in [5.74, 6) is 0. The van der Waals surface area contributed by atoms with E-state index in [1.165, 1.54) is 46.4 Å².